The summed E-state index contributed by atoms with van der Waals surface area (Å²) >= 11 is 3.19. The first kappa shape index (κ1) is 19.6. The molecule has 9 heteroatoms. The molecule has 7 nitrogen and oxygen atoms in total. The van der Waals surface area contributed by atoms with E-state index in [9.17, 15) is 19.1 Å². The van der Waals surface area contributed by atoms with Gasteiger partial charge in [0.15, 0.2) is 0 Å². The molecule has 0 radical (unpaired) electrons. The summed E-state index contributed by atoms with van der Waals surface area (Å²) in [6.07, 6.45) is 1.57. The first-order valence-electron chi connectivity index (χ1n) is 6.86. The zero-order valence-corrected chi connectivity index (χ0v) is 15.8. The van der Waals surface area contributed by atoms with E-state index < -0.39 is 21.3 Å². The van der Waals surface area contributed by atoms with E-state index in [4.69, 9.17) is 0 Å². The highest BCUT2D eigenvalue weighted by molar-refractivity contribution is 9.10. The van der Waals surface area contributed by atoms with Gasteiger partial charge in [-0.15, -0.1) is 0 Å². The molecule has 1 rings (SSSR count). The number of hydrogen-bond acceptors (Lipinski definition) is 5. The number of nitrogens with zero attached hydrogens (tertiary/aromatic N) is 1. The Balaban J connectivity index is 2.91. The molecular weight excluding hydrogens is 386 g/mol. The van der Waals surface area contributed by atoms with Crippen molar-refractivity contribution in [1.82, 2.24) is 5.32 Å². The Morgan fingerprint density at radius 2 is 2.09 bits per heavy atom. The molecule has 128 valence electrons. The normalized spacial score (nSPS) is 14.0. The van der Waals surface area contributed by atoms with Crippen LogP contribution in [-0.4, -0.2) is 38.6 Å². The SMILES string of the molecule is C[C@@H](C[S@@](C)=O)NC(=O)C(C)(C)Nc1ccc(Br)cc1[N+](=O)[O-]. The van der Waals surface area contributed by atoms with Gasteiger partial charge in [-0.1, -0.05) is 15.9 Å². The number of nitro benzene ring substituents is 1. The van der Waals surface area contributed by atoms with Crippen LogP contribution in [0, 0.1) is 10.1 Å². The summed E-state index contributed by atoms with van der Waals surface area (Å²) in [6.45, 7) is 5.02. The van der Waals surface area contributed by atoms with Crippen LogP contribution in [-0.2, 0) is 15.6 Å². The number of carbonyl (C=O) groups excluding carboxylic acids is 1. The number of carbonyl (C=O) groups is 1. The van der Waals surface area contributed by atoms with E-state index in [-0.39, 0.29) is 23.3 Å². The molecule has 0 unspecified atom stereocenters. The molecule has 23 heavy (non-hydrogen) atoms. The van der Waals surface area contributed by atoms with Gasteiger partial charge in [-0.3, -0.25) is 19.1 Å². The molecule has 0 bridgehead atoms. The maximum absolute atomic E-state index is 12.4. The summed E-state index contributed by atoms with van der Waals surface area (Å²) in [4.78, 5) is 23.0. The van der Waals surface area contributed by atoms with Gasteiger partial charge in [0.25, 0.3) is 5.69 Å². The lowest BCUT2D eigenvalue weighted by molar-refractivity contribution is -0.384. The van der Waals surface area contributed by atoms with Crippen LogP contribution in [0.5, 0.6) is 0 Å². The molecule has 1 amide bonds. The minimum Gasteiger partial charge on any atom is -0.366 e. The molecule has 2 atom stereocenters. The number of benzene rings is 1. The molecule has 0 aliphatic rings. The fraction of sp³-hybridized carbons (Fsp3) is 0.500. The standard InChI is InChI=1S/C14H20BrN3O4S/c1-9(8-23(4)22)16-13(19)14(2,3)17-11-6-5-10(15)7-12(11)18(20)21/h5-7,9,17H,8H2,1-4H3,(H,16,19)/t9-,23+/m0/s1. The average molecular weight is 406 g/mol. The highest BCUT2D eigenvalue weighted by Gasteiger charge is 2.31. The predicted molar refractivity (Wildman–Crippen MR) is 95.0 cm³/mol. The molecule has 1 aromatic carbocycles. The third kappa shape index (κ3) is 5.91. The quantitative estimate of drug-likeness (QED) is 0.535. The van der Waals surface area contributed by atoms with Gasteiger partial charge < -0.3 is 10.6 Å². The largest absolute Gasteiger partial charge is 0.366 e. The lowest BCUT2D eigenvalue weighted by Crippen LogP contribution is -2.51. The Morgan fingerprint density at radius 3 is 2.61 bits per heavy atom. The average Bonchev–Trinajstić information content (AvgIpc) is 2.39. The lowest BCUT2D eigenvalue weighted by Gasteiger charge is -2.28. The van der Waals surface area contributed by atoms with Crippen molar-refractivity contribution in [2.45, 2.75) is 32.4 Å². The van der Waals surface area contributed by atoms with Crippen LogP contribution in [0.3, 0.4) is 0 Å². The number of amides is 1. The fourth-order valence-corrected chi connectivity index (χ4v) is 3.09. The molecule has 2 N–H and O–H groups in total. The molecule has 0 fully saturated rings. The van der Waals surface area contributed by atoms with E-state index in [0.717, 1.165) is 0 Å². The minimum atomic E-state index is -1.07. The third-order valence-electron chi connectivity index (χ3n) is 3.03. The molecule has 0 aliphatic heterocycles. The van der Waals surface area contributed by atoms with Gasteiger partial charge in [0.05, 0.1) is 4.92 Å². The van der Waals surface area contributed by atoms with Crippen molar-refractivity contribution in [3.8, 4) is 0 Å². The number of nitro groups is 1. The van der Waals surface area contributed by atoms with Crippen molar-refractivity contribution in [3.63, 3.8) is 0 Å². The smallest absolute Gasteiger partial charge is 0.293 e. The van der Waals surface area contributed by atoms with Crippen molar-refractivity contribution in [3.05, 3.63) is 32.8 Å². The molecule has 1 aromatic rings. The lowest BCUT2D eigenvalue weighted by atomic mass is 10.0. The van der Waals surface area contributed by atoms with Gasteiger partial charge >= 0.3 is 0 Å². The second-order valence-corrected chi connectivity index (χ2v) is 8.18. The third-order valence-corrected chi connectivity index (χ3v) is 4.50. The van der Waals surface area contributed by atoms with Crippen LogP contribution in [0.25, 0.3) is 0 Å². The topological polar surface area (TPSA) is 101 Å². The van der Waals surface area contributed by atoms with Crippen LogP contribution in [0.4, 0.5) is 11.4 Å². The van der Waals surface area contributed by atoms with Crippen molar-refractivity contribution >= 4 is 44.0 Å². The summed E-state index contributed by atoms with van der Waals surface area (Å²) in [6, 6.07) is 4.32. The monoisotopic (exact) mass is 405 g/mol. The zero-order chi connectivity index (χ0) is 17.8. The Morgan fingerprint density at radius 1 is 1.48 bits per heavy atom. The number of anilines is 1. The van der Waals surface area contributed by atoms with Gasteiger partial charge in [0.1, 0.15) is 11.2 Å². The van der Waals surface area contributed by atoms with E-state index in [1.165, 1.54) is 6.07 Å². The van der Waals surface area contributed by atoms with Gasteiger partial charge in [-0.2, -0.15) is 0 Å². The summed E-state index contributed by atoms with van der Waals surface area (Å²) in [5.41, 5.74) is -0.935. The second kappa shape index (κ2) is 7.87. The van der Waals surface area contributed by atoms with E-state index >= 15 is 0 Å². The number of rotatable bonds is 7. The maximum Gasteiger partial charge on any atom is 0.293 e. The summed E-state index contributed by atoms with van der Waals surface area (Å²) in [5, 5.41) is 16.8. The van der Waals surface area contributed by atoms with Gasteiger partial charge in [-0.05, 0) is 32.9 Å². The predicted octanol–water partition coefficient (Wildman–Crippen LogP) is 2.43. The van der Waals surface area contributed by atoms with Crippen molar-refractivity contribution < 1.29 is 13.9 Å². The second-order valence-electron chi connectivity index (χ2n) is 5.78. The number of hydrogen-bond donors (Lipinski definition) is 2. The first-order valence-corrected chi connectivity index (χ1v) is 9.38. The zero-order valence-electron chi connectivity index (χ0n) is 13.4. The summed E-state index contributed by atoms with van der Waals surface area (Å²) in [5.74, 6) is 0.0212. The Labute approximate surface area is 146 Å². The van der Waals surface area contributed by atoms with Crippen LogP contribution in [0.2, 0.25) is 0 Å². The highest BCUT2D eigenvalue weighted by Crippen LogP contribution is 2.30. The Bertz CT molecular complexity index is 636. The van der Waals surface area contributed by atoms with E-state index in [0.29, 0.717) is 10.2 Å². The molecule has 0 aromatic heterocycles. The van der Waals surface area contributed by atoms with E-state index in [1.54, 1.807) is 39.2 Å². The minimum absolute atomic E-state index is 0.122. The Hall–Kier alpha value is -1.48. The molecule has 0 aliphatic carbocycles. The fourth-order valence-electron chi connectivity index (χ4n) is 1.95. The Kier molecular flexibility index (Phi) is 6.69. The van der Waals surface area contributed by atoms with Crippen molar-refractivity contribution in [2.24, 2.45) is 0 Å². The van der Waals surface area contributed by atoms with Gasteiger partial charge in [0, 0.05) is 39.4 Å². The maximum atomic E-state index is 12.4. The summed E-state index contributed by atoms with van der Waals surface area (Å²) < 4.78 is 11.8. The molecule has 0 spiro atoms. The number of halogens is 1. The van der Waals surface area contributed by atoms with Gasteiger partial charge in [0.2, 0.25) is 5.91 Å². The molecule has 0 saturated heterocycles. The molecule has 0 saturated carbocycles. The van der Waals surface area contributed by atoms with Crippen LogP contribution in [0.1, 0.15) is 20.8 Å². The van der Waals surface area contributed by atoms with Crippen molar-refractivity contribution in [2.75, 3.05) is 17.3 Å². The van der Waals surface area contributed by atoms with E-state index in [2.05, 4.69) is 26.6 Å². The molecular formula is C14H20BrN3O4S. The first-order chi connectivity index (χ1) is 10.5. The number of nitrogens with one attached hydrogen (secondary N) is 2. The van der Waals surface area contributed by atoms with Gasteiger partial charge in [-0.25, -0.2) is 0 Å². The van der Waals surface area contributed by atoms with Crippen LogP contribution in [0.15, 0.2) is 22.7 Å². The molecule has 0 heterocycles. The summed E-state index contributed by atoms with van der Waals surface area (Å²) in [7, 11) is -1.02. The van der Waals surface area contributed by atoms with Crippen molar-refractivity contribution in [1.29, 1.82) is 0 Å². The van der Waals surface area contributed by atoms with E-state index in [1.807, 2.05) is 0 Å². The highest BCUT2D eigenvalue weighted by atomic mass is 79.9. The van der Waals surface area contributed by atoms with Crippen LogP contribution < -0.4 is 10.6 Å². The van der Waals surface area contributed by atoms with Crippen LogP contribution >= 0.6 is 15.9 Å².